The fraction of sp³-hybridized carbons (Fsp3) is 0.250. The molecular formula is C20H22N2O4. The van der Waals surface area contributed by atoms with Crippen molar-refractivity contribution in [3.05, 3.63) is 65.2 Å². The summed E-state index contributed by atoms with van der Waals surface area (Å²) in [5, 5.41) is 9.25. The van der Waals surface area contributed by atoms with Gasteiger partial charge in [0.15, 0.2) is 0 Å². The lowest BCUT2D eigenvalue weighted by molar-refractivity contribution is -0.119. The monoisotopic (exact) mass is 354 g/mol. The third kappa shape index (κ3) is 5.17. The molecular weight excluding hydrogens is 332 g/mol. The fourth-order valence-electron chi connectivity index (χ4n) is 2.74. The second kappa shape index (κ2) is 8.80. The summed E-state index contributed by atoms with van der Waals surface area (Å²) in [4.78, 5) is 36.7. The second-order valence-corrected chi connectivity index (χ2v) is 6.06. The van der Waals surface area contributed by atoms with Gasteiger partial charge in [-0.2, -0.15) is 0 Å². The van der Waals surface area contributed by atoms with Crippen molar-refractivity contribution in [2.45, 2.75) is 26.2 Å². The first-order chi connectivity index (χ1) is 12.4. The molecule has 0 saturated heterocycles. The predicted octanol–water partition coefficient (Wildman–Crippen LogP) is 2.53. The SMILES string of the molecule is Cc1cccc(N(CCC(N)=O)C(=O)CCc2ccccc2C(=O)O)c1. The molecule has 2 rings (SSSR count). The number of primary amides is 1. The number of carbonyl (C=O) groups is 3. The Morgan fingerprint density at radius 1 is 1.04 bits per heavy atom. The number of carboxylic acids is 1. The molecule has 0 atom stereocenters. The molecule has 2 aromatic rings. The molecule has 6 heteroatoms. The Kier molecular flexibility index (Phi) is 6.49. The number of nitrogens with two attached hydrogens (primary N) is 1. The Morgan fingerprint density at radius 2 is 1.77 bits per heavy atom. The van der Waals surface area contributed by atoms with Crippen molar-refractivity contribution in [3.63, 3.8) is 0 Å². The number of aryl methyl sites for hydroxylation is 2. The third-order valence-corrected chi connectivity index (χ3v) is 4.05. The van der Waals surface area contributed by atoms with E-state index < -0.39 is 11.9 Å². The van der Waals surface area contributed by atoms with Crippen LogP contribution in [0.25, 0.3) is 0 Å². The number of carbonyl (C=O) groups excluding carboxylic acids is 2. The second-order valence-electron chi connectivity index (χ2n) is 6.06. The van der Waals surface area contributed by atoms with Gasteiger partial charge in [0.25, 0.3) is 0 Å². The van der Waals surface area contributed by atoms with Crippen LogP contribution < -0.4 is 10.6 Å². The van der Waals surface area contributed by atoms with E-state index in [4.69, 9.17) is 5.73 Å². The van der Waals surface area contributed by atoms with Crippen LogP contribution in [0, 0.1) is 6.92 Å². The van der Waals surface area contributed by atoms with E-state index in [2.05, 4.69) is 0 Å². The Balaban J connectivity index is 2.16. The molecule has 0 spiro atoms. The number of aromatic carboxylic acids is 1. The highest BCUT2D eigenvalue weighted by Gasteiger charge is 2.18. The highest BCUT2D eigenvalue weighted by Crippen LogP contribution is 2.19. The summed E-state index contributed by atoms with van der Waals surface area (Å²) in [5.74, 6) is -1.68. The van der Waals surface area contributed by atoms with Gasteiger partial charge in [-0.05, 0) is 42.7 Å². The molecule has 0 unspecified atom stereocenters. The summed E-state index contributed by atoms with van der Waals surface area (Å²) in [6, 6.07) is 14.1. The third-order valence-electron chi connectivity index (χ3n) is 4.05. The highest BCUT2D eigenvalue weighted by molar-refractivity contribution is 5.95. The van der Waals surface area contributed by atoms with E-state index >= 15 is 0 Å². The molecule has 0 aliphatic carbocycles. The van der Waals surface area contributed by atoms with Crippen LogP contribution in [0.1, 0.15) is 34.3 Å². The van der Waals surface area contributed by atoms with Crippen LogP contribution in [0.15, 0.2) is 48.5 Å². The Morgan fingerprint density at radius 3 is 2.42 bits per heavy atom. The maximum absolute atomic E-state index is 12.7. The number of nitrogens with zero attached hydrogens (tertiary/aromatic N) is 1. The van der Waals surface area contributed by atoms with Crippen molar-refractivity contribution in [1.82, 2.24) is 0 Å². The number of anilines is 1. The summed E-state index contributed by atoms with van der Waals surface area (Å²) >= 11 is 0. The van der Waals surface area contributed by atoms with Crippen LogP contribution >= 0.6 is 0 Å². The quantitative estimate of drug-likeness (QED) is 0.760. The van der Waals surface area contributed by atoms with Gasteiger partial charge < -0.3 is 15.7 Å². The van der Waals surface area contributed by atoms with E-state index in [-0.39, 0.29) is 30.9 Å². The van der Waals surface area contributed by atoms with Gasteiger partial charge in [0.2, 0.25) is 11.8 Å². The van der Waals surface area contributed by atoms with Gasteiger partial charge in [-0.15, -0.1) is 0 Å². The standard InChI is InChI=1S/C20H22N2O4/c1-14-5-4-7-16(13-14)22(12-11-18(21)23)19(24)10-9-15-6-2-3-8-17(15)20(25)26/h2-8,13H,9-12H2,1H3,(H2,21,23)(H,25,26). The number of carboxylic acid groups (broad SMARTS) is 1. The van der Waals surface area contributed by atoms with Crippen LogP contribution in [0.3, 0.4) is 0 Å². The first-order valence-corrected chi connectivity index (χ1v) is 8.35. The topological polar surface area (TPSA) is 101 Å². The van der Waals surface area contributed by atoms with Crippen LogP contribution in [0.4, 0.5) is 5.69 Å². The molecule has 0 radical (unpaired) electrons. The minimum Gasteiger partial charge on any atom is -0.478 e. The van der Waals surface area contributed by atoms with Crippen LogP contribution in [-0.2, 0) is 16.0 Å². The molecule has 136 valence electrons. The Labute approximate surface area is 152 Å². The molecule has 0 fully saturated rings. The molecule has 0 heterocycles. The highest BCUT2D eigenvalue weighted by atomic mass is 16.4. The van der Waals surface area contributed by atoms with Gasteiger partial charge in [0, 0.05) is 25.1 Å². The van der Waals surface area contributed by atoms with Crippen molar-refractivity contribution in [2.24, 2.45) is 5.73 Å². The molecule has 3 N–H and O–H groups in total. The molecule has 0 aromatic heterocycles. The van der Waals surface area contributed by atoms with Crippen LogP contribution in [0.2, 0.25) is 0 Å². The zero-order valence-electron chi connectivity index (χ0n) is 14.6. The molecule has 0 saturated carbocycles. The van der Waals surface area contributed by atoms with Crippen molar-refractivity contribution in [3.8, 4) is 0 Å². The summed E-state index contributed by atoms with van der Waals surface area (Å²) in [5.41, 5.74) is 7.72. The average molecular weight is 354 g/mol. The normalized spacial score (nSPS) is 10.3. The van der Waals surface area contributed by atoms with E-state index in [0.29, 0.717) is 17.7 Å². The maximum atomic E-state index is 12.7. The van der Waals surface area contributed by atoms with Crippen LogP contribution in [-0.4, -0.2) is 29.4 Å². The summed E-state index contributed by atoms with van der Waals surface area (Å²) in [7, 11) is 0. The summed E-state index contributed by atoms with van der Waals surface area (Å²) in [6.07, 6.45) is 0.503. The maximum Gasteiger partial charge on any atom is 0.335 e. The number of hydrogen-bond acceptors (Lipinski definition) is 3. The lowest BCUT2D eigenvalue weighted by atomic mass is 10.0. The van der Waals surface area contributed by atoms with Crippen molar-refractivity contribution >= 4 is 23.5 Å². The zero-order valence-corrected chi connectivity index (χ0v) is 14.6. The number of hydrogen-bond donors (Lipinski definition) is 2. The van der Waals surface area contributed by atoms with Crippen molar-refractivity contribution < 1.29 is 19.5 Å². The first-order valence-electron chi connectivity index (χ1n) is 8.35. The average Bonchev–Trinajstić information content (AvgIpc) is 2.60. The predicted molar refractivity (Wildman–Crippen MR) is 99.1 cm³/mol. The lowest BCUT2D eigenvalue weighted by Crippen LogP contribution is -2.34. The molecule has 26 heavy (non-hydrogen) atoms. The van der Waals surface area contributed by atoms with Crippen LogP contribution in [0.5, 0.6) is 0 Å². The Bertz CT molecular complexity index is 817. The van der Waals surface area contributed by atoms with Gasteiger partial charge in [0.05, 0.1) is 5.56 Å². The Hall–Kier alpha value is -3.15. The summed E-state index contributed by atoms with van der Waals surface area (Å²) in [6.45, 7) is 2.11. The van der Waals surface area contributed by atoms with E-state index in [1.54, 1.807) is 24.3 Å². The minimum atomic E-state index is -1.02. The van der Waals surface area contributed by atoms with Gasteiger partial charge >= 0.3 is 5.97 Å². The van der Waals surface area contributed by atoms with E-state index in [9.17, 15) is 19.5 Å². The van der Waals surface area contributed by atoms with Gasteiger partial charge in [-0.3, -0.25) is 9.59 Å². The minimum absolute atomic E-state index is 0.0609. The van der Waals surface area contributed by atoms with Crippen molar-refractivity contribution in [2.75, 3.05) is 11.4 Å². The number of benzene rings is 2. The lowest BCUT2D eigenvalue weighted by Gasteiger charge is -2.23. The molecule has 0 aliphatic heterocycles. The van der Waals surface area contributed by atoms with E-state index in [0.717, 1.165) is 5.56 Å². The molecule has 2 aromatic carbocycles. The van der Waals surface area contributed by atoms with Crippen molar-refractivity contribution in [1.29, 1.82) is 0 Å². The molecule has 2 amide bonds. The van der Waals surface area contributed by atoms with Gasteiger partial charge in [0.1, 0.15) is 0 Å². The fourth-order valence-corrected chi connectivity index (χ4v) is 2.74. The summed E-state index contributed by atoms with van der Waals surface area (Å²) < 4.78 is 0. The molecule has 6 nitrogen and oxygen atoms in total. The smallest absolute Gasteiger partial charge is 0.335 e. The van der Waals surface area contributed by atoms with Gasteiger partial charge in [-0.25, -0.2) is 4.79 Å². The zero-order chi connectivity index (χ0) is 19.1. The molecule has 0 aliphatic rings. The van der Waals surface area contributed by atoms with E-state index in [1.165, 1.54) is 11.0 Å². The first kappa shape index (κ1) is 19.2. The van der Waals surface area contributed by atoms with E-state index in [1.807, 2.05) is 25.1 Å². The van der Waals surface area contributed by atoms with Gasteiger partial charge in [-0.1, -0.05) is 30.3 Å². The number of amides is 2. The largest absolute Gasteiger partial charge is 0.478 e. The number of rotatable bonds is 8. The molecule has 0 bridgehead atoms.